The number of nitrogens with zero attached hydrogens (tertiary/aromatic N) is 2. The van der Waals surface area contributed by atoms with Gasteiger partial charge in [0.25, 0.3) is 5.69 Å². The van der Waals surface area contributed by atoms with Gasteiger partial charge in [-0.25, -0.2) is 12.7 Å². The van der Waals surface area contributed by atoms with Crippen LogP contribution in [0.5, 0.6) is 0 Å². The number of aliphatic hydroxyl groups is 1. The SMILES string of the molecule is CC(O)CCN(C)S(=O)(=O)c1ccc(NN)c([N+](=O)[O-])c1. The van der Waals surface area contributed by atoms with Crippen LogP contribution in [0.1, 0.15) is 13.3 Å². The molecule has 1 aromatic carbocycles. The van der Waals surface area contributed by atoms with Crippen molar-refractivity contribution in [3.05, 3.63) is 28.3 Å². The van der Waals surface area contributed by atoms with E-state index in [4.69, 9.17) is 5.84 Å². The molecule has 0 bridgehead atoms. The van der Waals surface area contributed by atoms with Gasteiger partial charge in [0.2, 0.25) is 10.0 Å². The second-order valence-corrected chi connectivity index (χ2v) is 6.59. The number of benzene rings is 1. The predicted molar refractivity (Wildman–Crippen MR) is 77.0 cm³/mol. The first-order valence-electron chi connectivity index (χ1n) is 6.09. The predicted octanol–water partition coefficient (Wildman–Crippen LogP) is 0.272. The van der Waals surface area contributed by atoms with Crippen LogP contribution in [0.25, 0.3) is 0 Å². The van der Waals surface area contributed by atoms with E-state index >= 15 is 0 Å². The molecule has 9 nitrogen and oxygen atoms in total. The summed E-state index contributed by atoms with van der Waals surface area (Å²) in [7, 11) is -2.52. The molecule has 21 heavy (non-hydrogen) atoms. The Kier molecular flexibility index (Phi) is 5.61. The Morgan fingerprint density at radius 3 is 2.62 bits per heavy atom. The highest BCUT2D eigenvalue weighted by Crippen LogP contribution is 2.28. The van der Waals surface area contributed by atoms with Crippen molar-refractivity contribution in [2.24, 2.45) is 5.84 Å². The van der Waals surface area contributed by atoms with Gasteiger partial charge in [-0.05, 0) is 25.5 Å². The van der Waals surface area contributed by atoms with Crippen molar-refractivity contribution in [2.45, 2.75) is 24.3 Å². The van der Waals surface area contributed by atoms with Crippen molar-refractivity contribution in [3.8, 4) is 0 Å². The van der Waals surface area contributed by atoms with E-state index in [1.165, 1.54) is 19.2 Å². The summed E-state index contributed by atoms with van der Waals surface area (Å²) >= 11 is 0. The van der Waals surface area contributed by atoms with Crippen LogP contribution in [0.2, 0.25) is 0 Å². The number of hydrogen-bond donors (Lipinski definition) is 3. The van der Waals surface area contributed by atoms with E-state index in [0.29, 0.717) is 0 Å². The summed E-state index contributed by atoms with van der Waals surface area (Å²) < 4.78 is 25.6. The zero-order valence-electron chi connectivity index (χ0n) is 11.7. The van der Waals surface area contributed by atoms with Gasteiger partial charge in [0.15, 0.2) is 0 Å². The molecule has 0 aliphatic rings. The van der Waals surface area contributed by atoms with Crippen LogP contribution < -0.4 is 11.3 Å². The standard InChI is InChI=1S/C11H18N4O5S/c1-8(16)5-6-14(2)21(19,20)9-3-4-10(13-12)11(7-9)15(17)18/h3-4,7-8,13,16H,5-6,12H2,1-2H3. The smallest absolute Gasteiger partial charge is 0.294 e. The van der Waals surface area contributed by atoms with E-state index in [0.717, 1.165) is 10.4 Å². The Bertz CT molecular complexity index is 617. The van der Waals surface area contributed by atoms with Crippen LogP contribution in [-0.2, 0) is 10.0 Å². The summed E-state index contributed by atoms with van der Waals surface area (Å²) in [6.07, 6.45) is -0.374. The highest BCUT2D eigenvalue weighted by molar-refractivity contribution is 7.89. The third kappa shape index (κ3) is 4.11. The van der Waals surface area contributed by atoms with Gasteiger partial charge < -0.3 is 10.5 Å². The average Bonchev–Trinajstić information content (AvgIpc) is 2.43. The number of nitrogens with one attached hydrogen (secondary N) is 1. The van der Waals surface area contributed by atoms with Gasteiger partial charge in [-0.1, -0.05) is 0 Å². The molecule has 0 heterocycles. The number of hydrogen-bond acceptors (Lipinski definition) is 7. The first-order valence-corrected chi connectivity index (χ1v) is 7.53. The lowest BCUT2D eigenvalue weighted by atomic mass is 10.3. The minimum absolute atomic E-state index is 0.0191. The number of aliphatic hydroxyl groups excluding tert-OH is 1. The molecule has 1 aromatic rings. The second kappa shape index (κ2) is 6.80. The Hall–Kier alpha value is -1.75. The molecule has 1 unspecified atom stereocenters. The lowest BCUT2D eigenvalue weighted by Crippen LogP contribution is -2.29. The van der Waals surface area contributed by atoms with Crippen LogP contribution in [0.4, 0.5) is 11.4 Å². The number of nitro groups is 1. The lowest BCUT2D eigenvalue weighted by molar-refractivity contribution is -0.384. The quantitative estimate of drug-likeness (QED) is 0.372. The average molecular weight is 318 g/mol. The summed E-state index contributed by atoms with van der Waals surface area (Å²) in [5.41, 5.74) is 1.73. The fourth-order valence-electron chi connectivity index (χ4n) is 1.61. The van der Waals surface area contributed by atoms with Crippen LogP contribution in [0.15, 0.2) is 23.1 Å². The van der Waals surface area contributed by atoms with Crippen LogP contribution in [-0.4, -0.2) is 42.4 Å². The first-order chi connectivity index (χ1) is 9.70. The van der Waals surface area contributed by atoms with Crippen LogP contribution >= 0.6 is 0 Å². The second-order valence-electron chi connectivity index (χ2n) is 4.54. The molecule has 0 amide bonds. The Morgan fingerprint density at radius 1 is 1.52 bits per heavy atom. The molecule has 0 saturated carbocycles. The summed E-state index contributed by atoms with van der Waals surface area (Å²) in [6.45, 7) is 1.65. The summed E-state index contributed by atoms with van der Waals surface area (Å²) in [4.78, 5) is 9.99. The van der Waals surface area contributed by atoms with Gasteiger partial charge in [0.1, 0.15) is 5.69 Å². The molecule has 10 heteroatoms. The maximum Gasteiger partial charge on any atom is 0.294 e. The third-order valence-electron chi connectivity index (χ3n) is 2.89. The molecule has 0 saturated heterocycles. The molecule has 1 rings (SSSR count). The number of anilines is 1. The minimum Gasteiger partial charge on any atom is -0.393 e. The van der Waals surface area contributed by atoms with E-state index in [9.17, 15) is 23.6 Å². The van der Waals surface area contributed by atoms with E-state index in [2.05, 4.69) is 5.43 Å². The molecular formula is C11H18N4O5S. The molecule has 0 aliphatic heterocycles. The molecule has 1 atom stereocenters. The van der Waals surface area contributed by atoms with E-state index in [1.807, 2.05) is 0 Å². The Morgan fingerprint density at radius 2 is 2.14 bits per heavy atom. The van der Waals surface area contributed by atoms with E-state index < -0.39 is 26.7 Å². The van der Waals surface area contributed by atoms with Gasteiger partial charge in [0.05, 0.1) is 15.9 Å². The van der Waals surface area contributed by atoms with Gasteiger partial charge in [-0.3, -0.25) is 16.0 Å². The monoisotopic (exact) mass is 318 g/mol. The lowest BCUT2D eigenvalue weighted by Gasteiger charge is -2.18. The highest BCUT2D eigenvalue weighted by Gasteiger charge is 2.25. The zero-order chi connectivity index (χ0) is 16.2. The molecular weight excluding hydrogens is 300 g/mol. The Balaban J connectivity index is 3.14. The number of sulfonamides is 1. The van der Waals surface area contributed by atoms with Crippen LogP contribution in [0, 0.1) is 10.1 Å². The molecule has 4 N–H and O–H groups in total. The summed E-state index contributed by atoms with van der Waals surface area (Å²) in [5, 5.41) is 20.1. The van der Waals surface area contributed by atoms with E-state index in [-0.39, 0.29) is 23.5 Å². The Labute approximate surface area is 122 Å². The molecule has 0 spiro atoms. The fourth-order valence-corrected chi connectivity index (χ4v) is 2.82. The van der Waals surface area contributed by atoms with Crippen molar-refractivity contribution >= 4 is 21.4 Å². The number of nitro benzene ring substituents is 1. The van der Waals surface area contributed by atoms with Gasteiger partial charge in [0, 0.05) is 19.7 Å². The largest absolute Gasteiger partial charge is 0.393 e. The van der Waals surface area contributed by atoms with E-state index in [1.54, 1.807) is 6.92 Å². The molecule has 0 aliphatic carbocycles. The molecule has 0 fully saturated rings. The van der Waals surface area contributed by atoms with Crippen LogP contribution in [0.3, 0.4) is 0 Å². The topological polar surface area (TPSA) is 139 Å². The molecule has 118 valence electrons. The fraction of sp³-hybridized carbons (Fsp3) is 0.455. The number of rotatable bonds is 7. The van der Waals surface area contributed by atoms with Crippen molar-refractivity contribution in [1.29, 1.82) is 0 Å². The summed E-state index contributed by atoms with van der Waals surface area (Å²) in [5.74, 6) is 5.15. The molecule has 0 radical (unpaired) electrons. The third-order valence-corrected chi connectivity index (χ3v) is 4.74. The maximum absolute atomic E-state index is 12.3. The van der Waals surface area contributed by atoms with Crippen molar-refractivity contribution in [3.63, 3.8) is 0 Å². The van der Waals surface area contributed by atoms with Crippen molar-refractivity contribution < 1.29 is 18.4 Å². The zero-order valence-corrected chi connectivity index (χ0v) is 12.5. The number of nitrogen functional groups attached to an aromatic ring is 1. The first kappa shape index (κ1) is 17.3. The molecule has 0 aromatic heterocycles. The van der Waals surface area contributed by atoms with Crippen molar-refractivity contribution in [2.75, 3.05) is 19.0 Å². The normalized spacial score (nSPS) is 13.2. The minimum atomic E-state index is -3.87. The number of nitrogens with two attached hydrogens (primary N) is 1. The van der Waals surface area contributed by atoms with Crippen molar-refractivity contribution in [1.82, 2.24) is 4.31 Å². The highest BCUT2D eigenvalue weighted by atomic mass is 32.2. The summed E-state index contributed by atoms with van der Waals surface area (Å²) in [6, 6.07) is 3.41. The maximum atomic E-state index is 12.3. The number of hydrazine groups is 1. The van der Waals surface area contributed by atoms with Gasteiger partial charge in [-0.15, -0.1) is 0 Å². The van der Waals surface area contributed by atoms with Gasteiger partial charge in [-0.2, -0.15) is 0 Å². The van der Waals surface area contributed by atoms with Gasteiger partial charge >= 0.3 is 0 Å².